The van der Waals surface area contributed by atoms with Crippen LogP contribution in [-0.2, 0) is 38.3 Å². The molecule has 1 saturated carbocycles. The number of rotatable bonds is 13. The van der Waals surface area contributed by atoms with E-state index in [0.29, 0.717) is 24.9 Å². The van der Waals surface area contributed by atoms with E-state index in [9.17, 15) is 24.4 Å². The molecule has 2 rings (SSSR count). The first-order chi connectivity index (χ1) is 16.7. The number of esters is 3. The van der Waals surface area contributed by atoms with Gasteiger partial charge in [-0.1, -0.05) is 18.7 Å². The van der Waals surface area contributed by atoms with Gasteiger partial charge in [0.15, 0.2) is 0 Å². The molecule has 0 radical (unpaired) electrons. The molecule has 0 aromatic heterocycles. The number of hydrogen-bond donors (Lipinski definition) is 1. The van der Waals surface area contributed by atoms with Crippen molar-refractivity contribution in [1.82, 2.24) is 0 Å². The van der Waals surface area contributed by atoms with E-state index >= 15 is 0 Å². The molecular weight excluding hydrogens is 460 g/mol. The van der Waals surface area contributed by atoms with Gasteiger partial charge in [-0.3, -0.25) is 19.6 Å². The molecule has 192 valence electrons. The van der Waals surface area contributed by atoms with Crippen LogP contribution in [0.5, 0.6) is 5.75 Å². The van der Waals surface area contributed by atoms with E-state index < -0.39 is 29.4 Å². The third-order valence-corrected chi connectivity index (χ3v) is 5.82. The van der Waals surface area contributed by atoms with Gasteiger partial charge in [-0.2, -0.15) is 0 Å². The monoisotopic (exact) mass is 492 g/mol. The predicted octanol–water partition coefficient (Wildman–Crippen LogP) is 3.54. The van der Waals surface area contributed by atoms with Crippen LogP contribution in [0.3, 0.4) is 0 Å². The second-order valence-electron chi connectivity index (χ2n) is 8.91. The Morgan fingerprint density at radius 3 is 2.29 bits per heavy atom. The van der Waals surface area contributed by atoms with Crippen LogP contribution in [0.25, 0.3) is 0 Å². The van der Waals surface area contributed by atoms with Gasteiger partial charge in [0.25, 0.3) is 6.47 Å². The molecule has 0 bridgehead atoms. The van der Waals surface area contributed by atoms with Crippen molar-refractivity contribution in [2.75, 3.05) is 13.2 Å². The van der Waals surface area contributed by atoms with Gasteiger partial charge in [-0.05, 0) is 63.1 Å². The van der Waals surface area contributed by atoms with Gasteiger partial charge in [0.05, 0.1) is 11.8 Å². The molecule has 1 aromatic rings. The van der Waals surface area contributed by atoms with E-state index in [1.165, 1.54) is 0 Å². The van der Waals surface area contributed by atoms with Gasteiger partial charge < -0.3 is 18.9 Å². The summed E-state index contributed by atoms with van der Waals surface area (Å²) < 4.78 is 20.1. The van der Waals surface area contributed by atoms with Gasteiger partial charge in [-0.25, -0.2) is 9.68 Å². The highest BCUT2D eigenvalue weighted by Crippen LogP contribution is 2.38. The zero-order valence-corrected chi connectivity index (χ0v) is 20.0. The summed E-state index contributed by atoms with van der Waals surface area (Å²) in [5.41, 5.74) is -0.445. The van der Waals surface area contributed by atoms with Crippen molar-refractivity contribution < 1.29 is 48.3 Å². The first-order valence-electron chi connectivity index (χ1n) is 11.4. The maximum Gasteiger partial charge on any atom is 0.330 e. The first-order valence-corrected chi connectivity index (χ1v) is 11.4. The minimum absolute atomic E-state index is 0.0464. The summed E-state index contributed by atoms with van der Waals surface area (Å²) >= 11 is 0. The Hall–Kier alpha value is -3.24. The Bertz CT molecular complexity index is 869. The number of ether oxygens (including phenoxy) is 4. The molecule has 0 spiro atoms. The molecule has 1 aliphatic carbocycles. The van der Waals surface area contributed by atoms with E-state index in [4.69, 9.17) is 23.8 Å². The lowest BCUT2D eigenvalue weighted by atomic mass is 9.81. The first kappa shape index (κ1) is 28.0. The smallest absolute Gasteiger partial charge is 0.330 e. The fourth-order valence-electron chi connectivity index (χ4n) is 3.84. The highest BCUT2D eigenvalue weighted by Gasteiger charge is 2.34. The highest BCUT2D eigenvalue weighted by molar-refractivity contribution is 5.84. The average molecular weight is 493 g/mol. The van der Waals surface area contributed by atoms with Gasteiger partial charge in [0, 0.05) is 6.08 Å². The van der Waals surface area contributed by atoms with Crippen LogP contribution in [0, 0.1) is 11.3 Å². The van der Waals surface area contributed by atoms with Crippen LogP contribution in [0.15, 0.2) is 36.9 Å². The normalized spacial score (nSPS) is 18.6. The Balaban J connectivity index is 1.87. The van der Waals surface area contributed by atoms with Crippen molar-refractivity contribution in [2.24, 2.45) is 11.3 Å². The van der Waals surface area contributed by atoms with Gasteiger partial charge in [-0.15, -0.1) is 0 Å². The summed E-state index contributed by atoms with van der Waals surface area (Å²) in [4.78, 5) is 50.9. The molecule has 10 heteroatoms. The second kappa shape index (κ2) is 13.6. The van der Waals surface area contributed by atoms with Crippen molar-refractivity contribution in [3.63, 3.8) is 0 Å². The zero-order valence-electron chi connectivity index (χ0n) is 20.0. The lowest BCUT2D eigenvalue weighted by Gasteiger charge is -2.31. The van der Waals surface area contributed by atoms with E-state index in [0.717, 1.165) is 18.9 Å². The number of carbonyl (C=O) groups is 4. The maximum atomic E-state index is 12.6. The van der Waals surface area contributed by atoms with Crippen molar-refractivity contribution in [2.45, 2.75) is 58.2 Å². The molecule has 10 nitrogen and oxygen atoms in total. The lowest BCUT2D eigenvalue weighted by Crippen LogP contribution is -2.32. The van der Waals surface area contributed by atoms with Crippen molar-refractivity contribution in [1.29, 1.82) is 0 Å². The summed E-state index contributed by atoms with van der Waals surface area (Å²) in [7, 11) is 0. The van der Waals surface area contributed by atoms with Crippen LogP contribution in [-0.4, -0.2) is 49.0 Å². The van der Waals surface area contributed by atoms with Crippen LogP contribution < -0.4 is 4.74 Å². The molecule has 1 N–H and O–H groups in total. The van der Waals surface area contributed by atoms with Gasteiger partial charge in [0.2, 0.25) is 0 Å². The molecule has 1 aliphatic rings. The molecule has 1 aromatic carbocycles. The number of carbonyl (C=O) groups excluding carboxylic acids is 4. The van der Waals surface area contributed by atoms with Crippen LogP contribution in [0.2, 0.25) is 0 Å². The zero-order chi connectivity index (χ0) is 25.8. The quantitative estimate of drug-likeness (QED) is 0.0636. The summed E-state index contributed by atoms with van der Waals surface area (Å²) in [6.45, 7) is 6.59. The summed E-state index contributed by atoms with van der Waals surface area (Å²) in [5.74, 6) is -1.55. The standard InChI is InChI=1S/C25H32O10/c1-4-21(27)31-13-14-32-22(28)15-25(2,3)24(29)34-20-11-7-18(8-12-20)23(35-30)17-5-9-19(10-6-17)33-16-26/h4,7-8,11-12,16-17,19,23,30H,1,5-6,9-10,13-15H2,2-3H3/t17?,19?,23-/m0/s1. The molecule has 0 aliphatic heterocycles. The molecule has 0 amide bonds. The average Bonchev–Trinajstić information content (AvgIpc) is 2.84. The fourth-order valence-corrected chi connectivity index (χ4v) is 3.84. The molecule has 0 saturated heterocycles. The van der Waals surface area contributed by atoms with E-state index in [2.05, 4.69) is 6.58 Å². The van der Waals surface area contributed by atoms with E-state index in [-0.39, 0.29) is 37.4 Å². The third kappa shape index (κ3) is 8.80. The highest BCUT2D eigenvalue weighted by atomic mass is 17.1. The lowest BCUT2D eigenvalue weighted by molar-refractivity contribution is -0.296. The van der Waals surface area contributed by atoms with Crippen LogP contribution in [0.4, 0.5) is 0 Å². The van der Waals surface area contributed by atoms with Crippen molar-refractivity contribution in [3.05, 3.63) is 42.5 Å². The Morgan fingerprint density at radius 2 is 1.71 bits per heavy atom. The number of hydrogen-bond acceptors (Lipinski definition) is 10. The topological polar surface area (TPSA) is 135 Å². The Labute approximate surface area is 204 Å². The summed E-state index contributed by atoms with van der Waals surface area (Å²) in [5, 5.41) is 9.48. The summed E-state index contributed by atoms with van der Waals surface area (Å²) in [6, 6.07) is 6.57. The number of benzene rings is 1. The maximum absolute atomic E-state index is 12.6. The van der Waals surface area contributed by atoms with Crippen molar-refractivity contribution in [3.8, 4) is 5.75 Å². The van der Waals surface area contributed by atoms with E-state index in [1.54, 1.807) is 38.1 Å². The van der Waals surface area contributed by atoms with Crippen LogP contribution >= 0.6 is 0 Å². The minimum atomic E-state index is -1.16. The Kier molecular flexibility index (Phi) is 10.9. The largest absolute Gasteiger partial charge is 0.465 e. The fraction of sp³-hybridized carbons (Fsp3) is 0.520. The van der Waals surface area contributed by atoms with Gasteiger partial charge in [0.1, 0.15) is 31.2 Å². The van der Waals surface area contributed by atoms with E-state index in [1.807, 2.05) is 0 Å². The van der Waals surface area contributed by atoms with Gasteiger partial charge >= 0.3 is 17.9 Å². The summed E-state index contributed by atoms with van der Waals surface area (Å²) in [6.07, 6.45) is 2.93. The molecule has 1 atom stereocenters. The third-order valence-electron chi connectivity index (χ3n) is 5.82. The molecule has 0 unspecified atom stereocenters. The molecule has 1 fully saturated rings. The predicted molar refractivity (Wildman–Crippen MR) is 122 cm³/mol. The minimum Gasteiger partial charge on any atom is -0.465 e. The molecule has 35 heavy (non-hydrogen) atoms. The SMILES string of the molecule is C=CC(=O)OCCOC(=O)CC(C)(C)C(=O)Oc1ccc([C@@H](OO)C2CCC(OC=O)CC2)cc1. The Morgan fingerprint density at radius 1 is 1.09 bits per heavy atom. The second-order valence-corrected chi connectivity index (χ2v) is 8.91. The molecular formula is C25H32O10. The molecule has 0 heterocycles. The van der Waals surface area contributed by atoms with Crippen molar-refractivity contribution >= 4 is 24.4 Å². The van der Waals surface area contributed by atoms with Crippen LogP contribution in [0.1, 0.15) is 57.6 Å².